The van der Waals surface area contributed by atoms with E-state index in [4.69, 9.17) is 17.0 Å². The Bertz CT molecular complexity index is 603. The summed E-state index contributed by atoms with van der Waals surface area (Å²) in [6, 6.07) is 6.38. The summed E-state index contributed by atoms with van der Waals surface area (Å²) >= 11 is 8.95. The van der Waals surface area contributed by atoms with Crippen LogP contribution < -0.4 is 0 Å². The standard InChI is InChI=1S/C13H17BrN2OS/c1-8(2)12(7-17-3)16-11-6-9(14)4-5-10(11)15-13(16)18/h4-6,8,12H,7H2,1-3H3,(H,15,18). The third-order valence-corrected chi connectivity index (χ3v) is 3.91. The molecule has 18 heavy (non-hydrogen) atoms. The number of ether oxygens (including phenoxy) is 1. The number of fused-ring (bicyclic) bond motifs is 1. The van der Waals surface area contributed by atoms with Crippen molar-refractivity contribution >= 4 is 39.2 Å². The molecule has 0 bridgehead atoms. The van der Waals surface area contributed by atoms with E-state index >= 15 is 0 Å². The number of aromatic nitrogens is 2. The maximum atomic E-state index is 5.44. The minimum atomic E-state index is 0.241. The van der Waals surface area contributed by atoms with Gasteiger partial charge < -0.3 is 14.3 Å². The second-order valence-electron chi connectivity index (χ2n) is 4.73. The molecule has 1 aromatic carbocycles. The summed E-state index contributed by atoms with van der Waals surface area (Å²) < 4.78 is 9.29. The van der Waals surface area contributed by atoms with Crippen LogP contribution in [0.3, 0.4) is 0 Å². The number of aromatic amines is 1. The maximum Gasteiger partial charge on any atom is 0.178 e. The quantitative estimate of drug-likeness (QED) is 0.848. The smallest absolute Gasteiger partial charge is 0.178 e. The Kier molecular flexibility index (Phi) is 4.25. The molecule has 2 aromatic rings. The molecule has 98 valence electrons. The highest BCUT2D eigenvalue weighted by molar-refractivity contribution is 9.10. The molecule has 0 saturated carbocycles. The second kappa shape index (κ2) is 5.55. The highest BCUT2D eigenvalue weighted by Gasteiger charge is 2.19. The van der Waals surface area contributed by atoms with Crippen LogP contribution in [0.2, 0.25) is 0 Å². The molecular formula is C13H17BrN2OS. The van der Waals surface area contributed by atoms with E-state index in [2.05, 4.69) is 45.4 Å². The molecule has 0 fully saturated rings. The van der Waals surface area contributed by atoms with Gasteiger partial charge in [0.05, 0.1) is 23.7 Å². The number of methoxy groups -OCH3 is 1. The molecule has 1 atom stereocenters. The average Bonchev–Trinajstić information content (AvgIpc) is 2.61. The summed E-state index contributed by atoms with van der Waals surface area (Å²) in [6.45, 7) is 5.02. The van der Waals surface area contributed by atoms with E-state index in [1.54, 1.807) is 7.11 Å². The Balaban J connectivity index is 2.64. The largest absolute Gasteiger partial charge is 0.383 e. The van der Waals surface area contributed by atoms with Crippen molar-refractivity contribution in [2.24, 2.45) is 5.92 Å². The molecule has 0 aliphatic carbocycles. The van der Waals surface area contributed by atoms with Crippen LogP contribution in [0, 0.1) is 10.7 Å². The number of rotatable bonds is 4. The van der Waals surface area contributed by atoms with Crippen LogP contribution in [0.25, 0.3) is 11.0 Å². The summed E-state index contributed by atoms with van der Waals surface area (Å²) in [6.07, 6.45) is 0. The van der Waals surface area contributed by atoms with Gasteiger partial charge in [0.1, 0.15) is 0 Å². The lowest BCUT2D eigenvalue weighted by molar-refractivity contribution is 0.134. The molecular weight excluding hydrogens is 312 g/mol. The van der Waals surface area contributed by atoms with Gasteiger partial charge in [-0.25, -0.2) is 0 Å². The van der Waals surface area contributed by atoms with Crippen molar-refractivity contribution in [2.75, 3.05) is 13.7 Å². The van der Waals surface area contributed by atoms with Crippen molar-refractivity contribution < 1.29 is 4.74 Å². The molecule has 1 aromatic heterocycles. The first-order chi connectivity index (χ1) is 8.54. The topological polar surface area (TPSA) is 29.9 Å². The molecule has 1 N–H and O–H groups in total. The molecule has 5 heteroatoms. The number of hydrogen-bond acceptors (Lipinski definition) is 2. The fourth-order valence-corrected chi connectivity index (χ4v) is 2.85. The van der Waals surface area contributed by atoms with E-state index in [1.165, 1.54) is 0 Å². The summed E-state index contributed by atoms with van der Waals surface area (Å²) in [5.41, 5.74) is 2.18. The Morgan fingerprint density at radius 2 is 2.17 bits per heavy atom. The van der Waals surface area contributed by atoms with E-state index in [0.29, 0.717) is 12.5 Å². The predicted octanol–water partition coefficient (Wildman–Crippen LogP) is 4.30. The van der Waals surface area contributed by atoms with Gasteiger partial charge in [0.2, 0.25) is 0 Å². The van der Waals surface area contributed by atoms with Crippen LogP contribution in [0.4, 0.5) is 0 Å². The van der Waals surface area contributed by atoms with Gasteiger partial charge >= 0.3 is 0 Å². The van der Waals surface area contributed by atoms with E-state index < -0.39 is 0 Å². The molecule has 1 unspecified atom stereocenters. The van der Waals surface area contributed by atoms with Gasteiger partial charge in [-0.15, -0.1) is 0 Å². The van der Waals surface area contributed by atoms with Gasteiger partial charge in [0.15, 0.2) is 4.77 Å². The Labute approximate surface area is 120 Å². The second-order valence-corrected chi connectivity index (χ2v) is 6.03. The van der Waals surface area contributed by atoms with Crippen LogP contribution >= 0.6 is 28.1 Å². The van der Waals surface area contributed by atoms with Crippen LogP contribution in [0.5, 0.6) is 0 Å². The zero-order valence-electron chi connectivity index (χ0n) is 10.7. The number of imidazole rings is 1. The first-order valence-corrected chi connectivity index (χ1v) is 7.13. The summed E-state index contributed by atoms with van der Waals surface area (Å²) in [5.74, 6) is 0.453. The van der Waals surface area contributed by atoms with Gasteiger partial charge in [-0.1, -0.05) is 29.8 Å². The molecule has 2 rings (SSSR count). The third kappa shape index (κ3) is 2.53. The molecule has 1 heterocycles. The molecule has 0 saturated heterocycles. The van der Waals surface area contributed by atoms with E-state index in [9.17, 15) is 0 Å². The monoisotopic (exact) mass is 328 g/mol. The minimum absolute atomic E-state index is 0.241. The fraction of sp³-hybridized carbons (Fsp3) is 0.462. The van der Waals surface area contributed by atoms with Crippen LogP contribution in [-0.2, 0) is 4.74 Å². The third-order valence-electron chi connectivity index (χ3n) is 3.12. The van der Waals surface area contributed by atoms with Crippen LogP contribution in [-0.4, -0.2) is 23.3 Å². The van der Waals surface area contributed by atoms with Crippen molar-refractivity contribution in [3.63, 3.8) is 0 Å². The van der Waals surface area contributed by atoms with Gasteiger partial charge in [-0.3, -0.25) is 0 Å². The first kappa shape index (κ1) is 13.8. The minimum Gasteiger partial charge on any atom is -0.383 e. The Morgan fingerprint density at radius 1 is 1.44 bits per heavy atom. The SMILES string of the molecule is COCC(C(C)C)n1c(=S)[nH]c2ccc(Br)cc21. The van der Waals surface area contributed by atoms with Crippen molar-refractivity contribution in [3.8, 4) is 0 Å². The maximum absolute atomic E-state index is 5.44. The lowest BCUT2D eigenvalue weighted by atomic mass is 10.1. The number of hydrogen-bond donors (Lipinski definition) is 1. The van der Waals surface area contributed by atoms with E-state index in [0.717, 1.165) is 20.3 Å². The Morgan fingerprint density at radius 3 is 2.78 bits per heavy atom. The summed E-state index contributed by atoms with van der Waals surface area (Å²) in [4.78, 5) is 3.25. The lowest BCUT2D eigenvalue weighted by Gasteiger charge is -2.22. The molecule has 0 amide bonds. The van der Waals surface area contributed by atoms with Crippen molar-refractivity contribution in [1.82, 2.24) is 9.55 Å². The first-order valence-electron chi connectivity index (χ1n) is 5.93. The van der Waals surface area contributed by atoms with E-state index in [1.807, 2.05) is 12.1 Å². The van der Waals surface area contributed by atoms with Crippen LogP contribution in [0.1, 0.15) is 19.9 Å². The molecule has 0 radical (unpaired) electrons. The fourth-order valence-electron chi connectivity index (χ4n) is 2.16. The van der Waals surface area contributed by atoms with Gasteiger partial charge in [-0.2, -0.15) is 0 Å². The van der Waals surface area contributed by atoms with Gasteiger partial charge in [-0.05, 0) is 36.3 Å². The molecule has 0 aliphatic heterocycles. The molecule has 3 nitrogen and oxygen atoms in total. The van der Waals surface area contributed by atoms with Gasteiger partial charge in [0, 0.05) is 11.6 Å². The summed E-state index contributed by atoms with van der Waals surface area (Å²) in [7, 11) is 1.73. The normalized spacial score (nSPS) is 13.4. The number of nitrogens with zero attached hydrogens (tertiary/aromatic N) is 1. The number of H-pyrrole nitrogens is 1. The van der Waals surface area contributed by atoms with E-state index in [-0.39, 0.29) is 6.04 Å². The Hall–Kier alpha value is -0.650. The lowest BCUT2D eigenvalue weighted by Crippen LogP contribution is -2.20. The summed E-state index contributed by atoms with van der Waals surface area (Å²) in [5, 5.41) is 0. The highest BCUT2D eigenvalue weighted by atomic mass is 79.9. The van der Waals surface area contributed by atoms with Crippen LogP contribution in [0.15, 0.2) is 22.7 Å². The van der Waals surface area contributed by atoms with Gasteiger partial charge in [0.25, 0.3) is 0 Å². The zero-order valence-corrected chi connectivity index (χ0v) is 13.1. The van der Waals surface area contributed by atoms with Crippen molar-refractivity contribution in [3.05, 3.63) is 27.4 Å². The van der Waals surface area contributed by atoms with Crippen molar-refractivity contribution in [2.45, 2.75) is 19.9 Å². The number of halogens is 1. The average molecular weight is 329 g/mol. The molecule has 0 aliphatic rings. The molecule has 0 spiro atoms. The highest BCUT2D eigenvalue weighted by Crippen LogP contribution is 2.26. The predicted molar refractivity (Wildman–Crippen MR) is 80.6 cm³/mol. The number of nitrogens with one attached hydrogen (secondary N) is 1. The number of benzene rings is 1. The zero-order chi connectivity index (χ0) is 13.3. The van der Waals surface area contributed by atoms with Crippen molar-refractivity contribution in [1.29, 1.82) is 0 Å².